The second-order valence-electron chi connectivity index (χ2n) is 10.2. The monoisotopic (exact) mass is 533 g/mol. The van der Waals surface area contributed by atoms with Gasteiger partial charge in [0.2, 0.25) is 17.8 Å². The van der Waals surface area contributed by atoms with E-state index in [1.807, 2.05) is 0 Å². The van der Waals surface area contributed by atoms with Crippen molar-refractivity contribution in [3.05, 3.63) is 24.0 Å². The zero-order valence-corrected chi connectivity index (χ0v) is 22.8. The summed E-state index contributed by atoms with van der Waals surface area (Å²) in [6.45, 7) is 5.91. The first-order valence-electron chi connectivity index (χ1n) is 13.3. The number of likely N-dealkylation sites (tertiary alicyclic amines) is 1. The van der Waals surface area contributed by atoms with Gasteiger partial charge in [-0.3, -0.25) is 9.11 Å². The molecule has 2 aliphatic rings. The summed E-state index contributed by atoms with van der Waals surface area (Å²) in [7, 11) is -2.39. The summed E-state index contributed by atoms with van der Waals surface area (Å²) in [6.07, 6.45) is 10.1. The number of halogens is 1. The minimum atomic E-state index is -2.39. The largest absolute Gasteiger partial charge is 0.478 e. The highest BCUT2D eigenvalue weighted by atomic mass is 32.2. The summed E-state index contributed by atoms with van der Waals surface area (Å²) >= 11 is 0. The summed E-state index contributed by atoms with van der Waals surface area (Å²) in [5, 5.41) is 9.89. The first kappa shape index (κ1) is 27.4. The molecule has 3 N–H and O–H groups in total. The highest BCUT2D eigenvalue weighted by Crippen LogP contribution is 2.26. The van der Waals surface area contributed by atoms with Gasteiger partial charge in [-0.2, -0.15) is 15.0 Å². The third-order valence-electron chi connectivity index (χ3n) is 6.96. The van der Waals surface area contributed by atoms with Gasteiger partial charge < -0.3 is 20.7 Å². The van der Waals surface area contributed by atoms with Gasteiger partial charge in [-0.1, -0.05) is 26.2 Å². The fourth-order valence-corrected chi connectivity index (χ4v) is 5.36. The van der Waals surface area contributed by atoms with Crippen molar-refractivity contribution < 1.29 is 13.3 Å². The van der Waals surface area contributed by atoms with Crippen LogP contribution in [0.15, 0.2) is 18.2 Å². The second-order valence-corrected chi connectivity index (χ2v) is 12.8. The number of likely N-dealkylation sites (N-methyl/N-ethyl adjacent to an activating group) is 1. The van der Waals surface area contributed by atoms with Gasteiger partial charge in [0, 0.05) is 46.7 Å². The summed E-state index contributed by atoms with van der Waals surface area (Å²) in [5.74, 6) is 4.76. The lowest BCUT2D eigenvalue weighted by Crippen LogP contribution is -2.35. The van der Waals surface area contributed by atoms with E-state index in [2.05, 4.69) is 48.6 Å². The Bertz CT molecular complexity index is 1140. The number of benzene rings is 1. The van der Waals surface area contributed by atoms with Gasteiger partial charge >= 0.3 is 0 Å². The average Bonchev–Trinajstić information content (AvgIpc) is 3.33. The van der Waals surface area contributed by atoms with Crippen LogP contribution >= 0.6 is 0 Å². The maximum absolute atomic E-state index is 14.6. The minimum absolute atomic E-state index is 0.0219. The predicted molar refractivity (Wildman–Crippen MR) is 150 cm³/mol. The van der Waals surface area contributed by atoms with Crippen LogP contribution in [0.2, 0.25) is 0 Å². The highest BCUT2D eigenvalue weighted by molar-refractivity contribution is 7.99. The molecule has 2 fully saturated rings. The van der Waals surface area contributed by atoms with E-state index in [-0.39, 0.29) is 11.7 Å². The van der Waals surface area contributed by atoms with Crippen LogP contribution in [0.1, 0.15) is 51.9 Å². The maximum Gasteiger partial charge on any atom is 0.233 e. The molecule has 2 unspecified atom stereocenters. The van der Waals surface area contributed by atoms with Crippen LogP contribution in [0.5, 0.6) is 5.75 Å². The number of nitrogens with one attached hydrogen (secondary N) is 3. The van der Waals surface area contributed by atoms with Gasteiger partial charge in [-0.25, -0.2) is 4.39 Å². The van der Waals surface area contributed by atoms with Gasteiger partial charge in [-0.05, 0) is 62.7 Å². The second kappa shape index (κ2) is 12.7. The molecule has 2 aromatic rings. The normalized spacial score (nSPS) is 20.4. The quantitative estimate of drug-likeness (QED) is 0.344. The molecule has 37 heavy (non-hydrogen) atoms. The van der Waals surface area contributed by atoms with Crippen LogP contribution in [0.25, 0.3) is 0 Å². The van der Waals surface area contributed by atoms with E-state index in [4.69, 9.17) is 4.74 Å². The summed E-state index contributed by atoms with van der Waals surface area (Å²) < 4.78 is 31.7. The fraction of sp³-hybridized carbons (Fsp3) is 0.615. The van der Waals surface area contributed by atoms with Gasteiger partial charge in [0.1, 0.15) is 0 Å². The molecule has 2 heterocycles. The topological polar surface area (TPSA) is 104 Å². The Morgan fingerprint density at radius 2 is 1.76 bits per heavy atom. The van der Waals surface area contributed by atoms with E-state index in [0.717, 1.165) is 32.6 Å². The van der Waals surface area contributed by atoms with Crippen molar-refractivity contribution in [2.45, 2.75) is 57.9 Å². The molecule has 1 aromatic heterocycles. The lowest BCUT2D eigenvalue weighted by atomic mass is 9.89. The van der Waals surface area contributed by atoms with Gasteiger partial charge in [-0.15, -0.1) is 0 Å². The van der Waals surface area contributed by atoms with Crippen LogP contribution in [0.3, 0.4) is 0 Å². The van der Waals surface area contributed by atoms with Crippen LogP contribution in [0, 0.1) is 11.7 Å². The minimum Gasteiger partial charge on any atom is -0.478 e. The molecule has 9 nitrogen and oxygen atoms in total. The van der Waals surface area contributed by atoms with Crippen LogP contribution < -0.4 is 20.7 Å². The molecule has 204 valence electrons. The SMILES string of the molecule is C=S(C)(=O)COc1ccc(Nc2nc(NCC3CCCCC3)nc(NCC3CCCN3CC)n2)cc1F. The lowest BCUT2D eigenvalue weighted by Gasteiger charge is -2.23. The Balaban J connectivity index is 1.47. The molecule has 1 aliphatic carbocycles. The summed E-state index contributed by atoms with van der Waals surface area (Å²) in [6, 6.07) is 4.92. The molecular formula is C26H40FN7O2S. The molecule has 2 atom stereocenters. The van der Waals surface area contributed by atoms with Crippen LogP contribution in [0.4, 0.5) is 27.9 Å². The molecule has 0 radical (unpaired) electrons. The third kappa shape index (κ3) is 8.43. The molecule has 1 saturated carbocycles. The Labute approximate surface area is 220 Å². The molecular weight excluding hydrogens is 493 g/mol. The van der Waals surface area contributed by atoms with Gasteiger partial charge in [0.25, 0.3) is 0 Å². The van der Waals surface area contributed by atoms with Gasteiger partial charge in [0.15, 0.2) is 17.5 Å². The smallest absolute Gasteiger partial charge is 0.233 e. The third-order valence-corrected chi connectivity index (χ3v) is 7.58. The Morgan fingerprint density at radius 1 is 1.05 bits per heavy atom. The fourth-order valence-electron chi connectivity index (χ4n) is 4.98. The van der Waals surface area contributed by atoms with Crippen molar-refractivity contribution in [3.63, 3.8) is 0 Å². The number of anilines is 4. The Kier molecular flexibility index (Phi) is 9.42. The van der Waals surface area contributed by atoms with Crippen molar-refractivity contribution >= 4 is 38.9 Å². The Morgan fingerprint density at radius 3 is 2.43 bits per heavy atom. The van der Waals surface area contributed by atoms with Crippen LogP contribution in [-0.2, 0) is 9.52 Å². The molecule has 11 heteroatoms. The van der Waals surface area contributed by atoms with Crippen molar-refractivity contribution in [1.29, 1.82) is 0 Å². The van der Waals surface area contributed by atoms with Crippen molar-refractivity contribution in [3.8, 4) is 5.75 Å². The zero-order chi connectivity index (χ0) is 26.3. The first-order valence-corrected chi connectivity index (χ1v) is 15.6. The number of aromatic nitrogens is 3. The van der Waals surface area contributed by atoms with E-state index in [9.17, 15) is 8.60 Å². The van der Waals surface area contributed by atoms with E-state index in [1.54, 1.807) is 6.07 Å². The highest BCUT2D eigenvalue weighted by Gasteiger charge is 2.23. The molecule has 4 rings (SSSR count). The number of hydrogen-bond acceptors (Lipinski definition) is 9. The summed E-state index contributed by atoms with van der Waals surface area (Å²) in [4.78, 5) is 16.2. The number of hydrogen-bond donors (Lipinski definition) is 3. The molecule has 0 bridgehead atoms. The number of nitrogens with zero attached hydrogens (tertiary/aromatic N) is 4. The Hall–Kier alpha value is -2.66. The molecule has 0 amide bonds. The number of ether oxygens (including phenoxy) is 1. The van der Waals surface area contributed by atoms with Crippen molar-refractivity contribution in [2.75, 3.05) is 54.3 Å². The maximum atomic E-state index is 14.6. The van der Waals surface area contributed by atoms with Crippen molar-refractivity contribution in [1.82, 2.24) is 19.9 Å². The lowest BCUT2D eigenvalue weighted by molar-refractivity contribution is 0.277. The summed E-state index contributed by atoms with van der Waals surface area (Å²) in [5.41, 5.74) is 0.472. The number of rotatable bonds is 12. The standard InChI is InChI=1S/C26H40FN7O2S/c1-4-34-14-8-11-21(34)17-29-25-31-24(28-16-19-9-6-5-7-10-19)32-26(33-25)30-20-12-13-23(22(27)15-20)36-18-37(2,3)35/h12-13,15,19,21H,2,4-11,14,16-18H2,1,3H3,(H3,28,29,30,31,32,33). The molecule has 1 saturated heterocycles. The van der Waals surface area contributed by atoms with Gasteiger partial charge in [0.05, 0.1) is 0 Å². The van der Waals surface area contributed by atoms with Crippen LogP contribution in [-0.4, -0.2) is 74.3 Å². The zero-order valence-electron chi connectivity index (χ0n) is 22.0. The van der Waals surface area contributed by atoms with E-state index < -0.39 is 15.3 Å². The predicted octanol–water partition coefficient (Wildman–Crippen LogP) is 4.33. The van der Waals surface area contributed by atoms with E-state index in [0.29, 0.717) is 35.5 Å². The molecule has 1 aliphatic heterocycles. The van der Waals surface area contributed by atoms with E-state index in [1.165, 1.54) is 56.9 Å². The van der Waals surface area contributed by atoms with E-state index >= 15 is 0 Å². The average molecular weight is 534 g/mol. The molecule has 0 spiro atoms. The molecule has 1 aromatic carbocycles. The first-order chi connectivity index (χ1) is 17.8. The van der Waals surface area contributed by atoms with Crippen molar-refractivity contribution in [2.24, 2.45) is 5.92 Å².